The number of carbonyl (C=O) groups is 1. The van der Waals surface area contributed by atoms with Gasteiger partial charge in [0.25, 0.3) is 5.91 Å². The van der Waals surface area contributed by atoms with E-state index in [0.717, 1.165) is 5.56 Å². The number of H-pyrrole nitrogens is 1. The number of sulfonamides is 1. The Morgan fingerprint density at radius 1 is 1.17 bits per heavy atom. The van der Waals surface area contributed by atoms with E-state index in [1.807, 2.05) is 6.07 Å². The molecule has 0 atom stereocenters. The first-order valence-corrected chi connectivity index (χ1v) is 10.1. The average molecular weight is 428 g/mol. The zero-order chi connectivity index (χ0) is 21.0. The van der Waals surface area contributed by atoms with Crippen LogP contribution in [0, 0.1) is 11.3 Å². The van der Waals surface area contributed by atoms with E-state index in [0.29, 0.717) is 22.0 Å². The normalized spacial score (nSPS) is 11.7. The number of aromatic amines is 1. The minimum Gasteiger partial charge on any atom is -0.321 e. The van der Waals surface area contributed by atoms with E-state index in [9.17, 15) is 18.5 Å². The zero-order valence-electron chi connectivity index (χ0n) is 14.8. The van der Waals surface area contributed by atoms with Crippen molar-refractivity contribution in [1.82, 2.24) is 10.2 Å². The molecule has 0 aliphatic heterocycles. The van der Waals surface area contributed by atoms with Gasteiger partial charge in [0.15, 0.2) is 0 Å². The van der Waals surface area contributed by atoms with Gasteiger partial charge in [-0.3, -0.25) is 9.89 Å². The topological polar surface area (TPSA) is 142 Å². The summed E-state index contributed by atoms with van der Waals surface area (Å²) in [5, 5.41) is 24.4. The molecule has 0 radical (unpaired) electrons. The second-order valence-corrected chi connectivity index (χ2v) is 7.90. The SMILES string of the molecule is N#C/C(=C\c1cn[nH]c1-c1ccc(Cl)cc1)C(=O)Nc1ccc(S(N)(=O)=O)cc1. The van der Waals surface area contributed by atoms with Crippen molar-refractivity contribution < 1.29 is 13.2 Å². The average Bonchev–Trinajstić information content (AvgIpc) is 3.14. The number of nitriles is 1. The van der Waals surface area contributed by atoms with E-state index in [1.54, 1.807) is 24.3 Å². The van der Waals surface area contributed by atoms with Crippen LogP contribution in [-0.4, -0.2) is 24.5 Å². The Morgan fingerprint density at radius 2 is 1.83 bits per heavy atom. The molecule has 0 bridgehead atoms. The second-order valence-electron chi connectivity index (χ2n) is 5.90. The van der Waals surface area contributed by atoms with Crippen LogP contribution in [0.5, 0.6) is 0 Å². The molecule has 3 rings (SSSR count). The van der Waals surface area contributed by atoms with Crippen LogP contribution in [0.15, 0.2) is 65.2 Å². The van der Waals surface area contributed by atoms with Crippen molar-refractivity contribution in [3.05, 3.63) is 70.9 Å². The Morgan fingerprint density at radius 3 is 2.41 bits per heavy atom. The Kier molecular flexibility index (Phi) is 5.79. The van der Waals surface area contributed by atoms with E-state index in [1.165, 1.54) is 36.5 Å². The number of nitrogens with two attached hydrogens (primary N) is 1. The van der Waals surface area contributed by atoms with Gasteiger partial charge < -0.3 is 5.32 Å². The van der Waals surface area contributed by atoms with Crippen LogP contribution in [0.2, 0.25) is 5.02 Å². The van der Waals surface area contributed by atoms with Gasteiger partial charge in [-0.25, -0.2) is 13.6 Å². The van der Waals surface area contributed by atoms with Gasteiger partial charge in [0.2, 0.25) is 10.0 Å². The molecular weight excluding hydrogens is 414 g/mol. The lowest BCUT2D eigenvalue weighted by Crippen LogP contribution is -2.14. The van der Waals surface area contributed by atoms with Gasteiger partial charge >= 0.3 is 0 Å². The number of hydrogen-bond acceptors (Lipinski definition) is 5. The smallest absolute Gasteiger partial charge is 0.266 e. The molecule has 29 heavy (non-hydrogen) atoms. The summed E-state index contributed by atoms with van der Waals surface area (Å²) in [6, 6.07) is 14.1. The highest BCUT2D eigenvalue weighted by atomic mass is 35.5. The molecule has 0 saturated carbocycles. The molecule has 4 N–H and O–H groups in total. The number of benzene rings is 2. The molecule has 0 aliphatic rings. The first kappa shape index (κ1) is 20.3. The van der Waals surface area contributed by atoms with Crippen molar-refractivity contribution >= 4 is 39.3 Å². The number of nitrogens with zero attached hydrogens (tertiary/aromatic N) is 2. The van der Waals surface area contributed by atoms with Crippen LogP contribution in [0.25, 0.3) is 17.3 Å². The predicted molar refractivity (Wildman–Crippen MR) is 109 cm³/mol. The highest BCUT2D eigenvalue weighted by molar-refractivity contribution is 7.89. The molecule has 0 fully saturated rings. The monoisotopic (exact) mass is 427 g/mol. The van der Waals surface area contributed by atoms with E-state index in [-0.39, 0.29) is 10.5 Å². The summed E-state index contributed by atoms with van der Waals surface area (Å²) in [6.45, 7) is 0. The predicted octanol–water partition coefficient (Wildman–Crippen LogP) is 2.92. The maximum Gasteiger partial charge on any atom is 0.266 e. The number of halogens is 1. The van der Waals surface area contributed by atoms with Gasteiger partial charge in [-0.15, -0.1) is 0 Å². The second kappa shape index (κ2) is 8.28. The van der Waals surface area contributed by atoms with Gasteiger partial charge in [-0.2, -0.15) is 10.4 Å². The molecule has 8 nitrogen and oxygen atoms in total. The van der Waals surface area contributed by atoms with Crippen LogP contribution in [0.3, 0.4) is 0 Å². The Balaban J connectivity index is 1.84. The van der Waals surface area contributed by atoms with Gasteiger partial charge in [0, 0.05) is 21.8 Å². The molecule has 0 aliphatic carbocycles. The quantitative estimate of drug-likeness (QED) is 0.424. The maximum absolute atomic E-state index is 12.5. The summed E-state index contributed by atoms with van der Waals surface area (Å²) in [7, 11) is -3.83. The number of aromatic nitrogens is 2. The summed E-state index contributed by atoms with van der Waals surface area (Å²) < 4.78 is 22.6. The molecular formula is C19H14ClN5O3S. The molecule has 1 aromatic heterocycles. The number of primary sulfonamides is 1. The van der Waals surface area contributed by atoms with Crippen molar-refractivity contribution in [1.29, 1.82) is 5.26 Å². The van der Waals surface area contributed by atoms with E-state index < -0.39 is 15.9 Å². The fourth-order valence-electron chi connectivity index (χ4n) is 2.48. The van der Waals surface area contributed by atoms with Crippen LogP contribution in [-0.2, 0) is 14.8 Å². The number of carbonyl (C=O) groups excluding carboxylic acids is 1. The van der Waals surface area contributed by atoms with Crippen molar-refractivity contribution in [2.24, 2.45) is 5.14 Å². The first-order valence-electron chi connectivity index (χ1n) is 8.13. The van der Waals surface area contributed by atoms with Crippen LogP contribution >= 0.6 is 11.6 Å². The standard InChI is InChI=1S/C19H14ClN5O3S/c20-15-3-1-12(2-4-15)18-14(11-23-25-18)9-13(10-21)19(26)24-16-5-7-17(8-6-16)29(22,27)28/h1-9,11H,(H,23,25)(H,24,26)(H2,22,27,28)/b13-9+. The third kappa shape index (κ3) is 4.89. The third-order valence-electron chi connectivity index (χ3n) is 3.91. The third-order valence-corrected chi connectivity index (χ3v) is 5.09. The van der Waals surface area contributed by atoms with Crippen molar-refractivity contribution in [3.8, 4) is 17.3 Å². The number of anilines is 1. The highest BCUT2D eigenvalue weighted by Crippen LogP contribution is 2.25. The van der Waals surface area contributed by atoms with Gasteiger partial charge in [0.1, 0.15) is 11.6 Å². The van der Waals surface area contributed by atoms with E-state index in [4.69, 9.17) is 16.7 Å². The molecule has 146 valence electrons. The maximum atomic E-state index is 12.5. The van der Waals surface area contributed by atoms with Crippen LogP contribution in [0.1, 0.15) is 5.56 Å². The fourth-order valence-corrected chi connectivity index (χ4v) is 3.12. The minimum absolute atomic E-state index is 0.0856. The molecule has 2 aromatic carbocycles. The summed E-state index contributed by atoms with van der Waals surface area (Å²) in [5.74, 6) is -0.654. The number of amides is 1. The molecule has 1 amide bonds. The largest absolute Gasteiger partial charge is 0.321 e. The lowest BCUT2D eigenvalue weighted by molar-refractivity contribution is -0.112. The summed E-state index contributed by atoms with van der Waals surface area (Å²) in [6.07, 6.45) is 2.90. The fraction of sp³-hybridized carbons (Fsp3) is 0. The Bertz CT molecular complexity index is 1220. The number of hydrogen-bond donors (Lipinski definition) is 3. The number of nitrogens with one attached hydrogen (secondary N) is 2. The van der Waals surface area contributed by atoms with Gasteiger partial charge in [-0.05, 0) is 42.5 Å². The number of rotatable bonds is 5. The summed E-state index contributed by atoms with van der Waals surface area (Å²) >= 11 is 5.90. The first-order chi connectivity index (χ1) is 13.8. The van der Waals surface area contributed by atoms with Crippen LogP contribution < -0.4 is 10.5 Å². The molecule has 3 aromatic rings. The van der Waals surface area contributed by atoms with E-state index >= 15 is 0 Å². The van der Waals surface area contributed by atoms with Crippen LogP contribution in [0.4, 0.5) is 5.69 Å². The lowest BCUT2D eigenvalue weighted by atomic mass is 10.1. The summed E-state index contributed by atoms with van der Waals surface area (Å²) in [5.41, 5.74) is 2.11. The minimum atomic E-state index is -3.83. The molecule has 1 heterocycles. The van der Waals surface area contributed by atoms with Crippen molar-refractivity contribution in [2.45, 2.75) is 4.90 Å². The molecule has 0 saturated heterocycles. The Hall–Kier alpha value is -3.45. The summed E-state index contributed by atoms with van der Waals surface area (Å²) in [4.78, 5) is 12.4. The highest BCUT2D eigenvalue weighted by Gasteiger charge is 2.14. The molecule has 0 unspecified atom stereocenters. The Labute approximate surface area is 171 Å². The van der Waals surface area contributed by atoms with Crippen molar-refractivity contribution in [2.75, 3.05) is 5.32 Å². The van der Waals surface area contributed by atoms with Gasteiger partial charge in [0.05, 0.1) is 16.8 Å². The van der Waals surface area contributed by atoms with Crippen molar-refractivity contribution in [3.63, 3.8) is 0 Å². The van der Waals surface area contributed by atoms with E-state index in [2.05, 4.69) is 15.5 Å². The zero-order valence-corrected chi connectivity index (χ0v) is 16.3. The molecule has 10 heteroatoms. The van der Waals surface area contributed by atoms with Gasteiger partial charge in [-0.1, -0.05) is 23.7 Å². The lowest BCUT2D eigenvalue weighted by Gasteiger charge is -2.06. The molecule has 0 spiro atoms.